The normalized spacial score (nSPS) is 10.9. The van der Waals surface area contributed by atoms with Gasteiger partial charge >= 0.3 is 0 Å². The molecule has 4 nitrogen and oxygen atoms in total. The van der Waals surface area contributed by atoms with Gasteiger partial charge < -0.3 is 9.38 Å². The number of nitrogens with zero attached hydrogens (tertiary/aromatic N) is 4. The number of hydrogen-bond acceptors (Lipinski definition) is 3. The van der Waals surface area contributed by atoms with Crippen molar-refractivity contribution in [2.24, 2.45) is 0 Å². The van der Waals surface area contributed by atoms with Gasteiger partial charge in [-0.05, 0) is 29.4 Å². The zero-order valence-electron chi connectivity index (χ0n) is 19.0. The Kier molecular flexibility index (Phi) is 7.29. The van der Waals surface area contributed by atoms with E-state index < -0.39 is 11.6 Å². The Morgan fingerprint density at radius 2 is 1.66 bits per heavy atom. The topological polar surface area (TPSA) is 43.1 Å². The summed E-state index contributed by atoms with van der Waals surface area (Å²) in [4.78, 5) is 13.5. The van der Waals surface area contributed by atoms with E-state index in [4.69, 9.17) is 9.97 Å². The van der Waals surface area contributed by atoms with E-state index >= 15 is 0 Å². The molecule has 3 heterocycles. The van der Waals surface area contributed by atoms with Crippen molar-refractivity contribution in [2.75, 3.05) is 0 Å². The molecular formula is C28H20F2IrN4-2. The summed E-state index contributed by atoms with van der Waals surface area (Å²) < 4.78 is 28.0. The summed E-state index contributed by atoms with van der Waals surface area (Å²) >= 11 is 0. The SMILES string of the molecule is CC(C)c1nc2ccc[c-]c2c2nc3ccccc3n12.Fc1c[c-]c(-c2ccccn2)c(F)c1.[Ir]. The molecule has 3 aromatic carbocycles. The zero-order valence-corrected chi connectivity index (χ0v) is 21.4. The molecule has 0 aliphatic heterocycles. The first-order valence-corrected chi connectivity index (χ1v) is 10.9. The number of para-hydroxylation sites is 2. The number of pyridine rings is 1. The van der Waals surface area contributed by atoms with Crippen molar-refractivity contribution >= 4 is 27.6 Å². The molecule has 1 radical (unpaired) electrons. The molecule has 35 heavy (non-hydrogen) atoms. The molecule has 6 rings (SSSR count). The monoisotopic (exact) mass is 643 g/mol. The van der Waals surface area contributed by atoms with Crippen molar-refractivity contribution in [3.05, 3.63) is 109 Å². The number of imidazole rings is 1. The van der Waals surface area contributed by atoms with Crippen LogP contribution in [0.5, 0.6) is 0 Å². The van der Waals surface area contributed by atoms with Crippen LogP contribution >= 0.6 is 0 Å². The molecule has 0 aliphatic carbocycles. The van der Waals surface area contributed by atoms with Gasteiger partial charge in [-0.25, -0.2) is 0 Å². The summed E-state index contributed by atoms with van der Waals surface area (Å²) in [6.45, 7) is 4.32. The Bertz CT molecular complexity index is 1610. The second kappa shape index (κ2) is 10.4. The standard InChI is InChI=1S/C17H14N3.C11H6F2N.Ir/c1-11(2)16-18-13-8-4-3-7-12(13)17-19-14-9-5-6-10-15(14)20(16)17;12-8-4-5-9(10(13)7-8)11-3-1-2-6-14-11;/h3-6,8-11H,1-2H3;1-4,6-7H;/q2*-1;. The van der Waals surface area contributed by atoms with Gasteiger partial charge in [0.1, 0.15) is 0 Å². The van der Waals surface area contributed by atoms with Crippen molar-refractivity contribution in [3.63, 3.8) is 0 Å². The molecule has 0 saturated heterocycles. The molecule has 0 amide bonds. The summed E-state index contributed by atoms with van der Waals surface area (Å²) in [6.07, 6.45) is 1.55. The molecule has 0 unspecified atom stereocenters. The van der Waals surface area contributed by atoms with Crippen LogP contribution < -0.4 is 0 Å². The van der Waals surface area contributed by atoms with Crippen molar-refractivity contribution in [1.82, 2.24) is 19.4 Å². The predicted molar refractivity (Wildman–Crippen MR) is 129 cm³/mol. The van der Waals surface area contributed by atoms with Crippen molar-refractivity contribution in [3.8, 4) is 11.3 Å². The Morgan fingerprint density at radius 3 is 2.40 bits per heavy atom. The van der Waals surface area contributed by atoms with Crippen LogP contribution in [0.15, 0.2) is 79.0 Å². The second-order valence-electron chi connectivity index (χ2n) is 8.07. The third kappa shape index (κ3) is 4.83. The minimum Gasteiger partial charge on any atom is -0.322 e. The van der Waals surface area contributed by atoms with Gasteiger partial charge in [0, 0.05) is 43.9 Å². The largest absolute Gasteiger partial charge is 0.322 e. The summed E-state index contributed by atoms with van der Waals surface area (Å²) in [6, 6.07) is 26.9. The Labute approximate surface area is 215 Å². The predicted octanol–water partition coefficient (Wildman–Crippen LogP) is 6.78. The van der Waals surface area contributed by atoms with Crippen LogP contribution in [0.1, 0.15) is 25.6 Å². The van der Waals surface area contributed by atoms with E-state index in [0.29, 0.717) is 11.6 Å². The van der Waals surface area contributed by atoms with E-state index in [1.54, 1.807) is 24.4 Å². The van der Waals surface area contributed by atoms with E-state index in [9.17, 15) is 8.78 Å². The van der Waals surface area contributed by atoms with Gasteiger partial charge in [0.15, 0.2) is 0 Å². The van der Waals surface area contributed by atoms with Crippen LogP contribution in [0.3, 0.4) is 0 Å². The van der Waals surface area contributed by atoms with Gasteiger partial charge in [-0.1, -0.05) is 55.1 Å². The molecule has 0 atom stereocenters. The number of rotatable bonds is 2. The fourth-order valence-corrected chi connectivity index (χ4v) is 3.84. The van der Waals surface area contributed by atoms with Gasteiger partial charge in [-0.2, -0.15) is 0 Å². The number of halogens is 2. The maximum absolute atomic E-state index is 13.2. The summed E-state index contributed by atoms with van der Waals surface area (Å²) in [7, 11) is 0. The second-order valence-corrected chi connectivity index (χ2v) is 8.07. The fraction of sp³-hybridized carbons (Fsp3) is 0.107. The maximum Gasteiger partial charge on any atom is 0.0987 e. The first-order chi connectivity index (χ1) is 16.5. The van der Waals surface area contributed by atoms with E-state index in [2.05, 4.69) is 41.4 Å². The third-order valence-electron chi connectivity index (χ3n) is 5.38. The van der Waals surface area contributed by atoms with Crippen LogP contribution in [-0.2, 0) is 20.1 Å². The zero-order chi connectivity index (χ0) is 23.7. The quantitative estimate of drug-likeness (QED) is 0.196. The Morgan fingerprint density at radius 1 is 0.886 bits per heavy atom. The Balaban J connectivity index is 0.000000171. The number of aromatic nitrogens is 4. The van der Waals surface area contributed by atoms with Crippen molar-refractivity contribution in [1.29, 1.82) is 0 Å². The van der Waals surface area contributed by atoms with Gasteiger partial charge in [-0.15, -0.1) is 36.4 Å². The van der Waals surface area contributed by atoms with E-state index in [1.165, 1.54) is 0 Å². The fourth-order valence-electron chi connectivity index (χ4n) is 3.84. The molecular weight excluding hydrogens is 623 g/mol. The number of benzene rings is 3. The molecule has 6 aromatic rings. The number of fused-ring (bicyclic) bond motifs is 5. The first-order valence-electron chi connectivity index (χ1n) is 10.9. The molecule has 0 spiro atoms. The van der Waals surface area contributed by atoms with Gasteiger partial charge in [0.25, 0.3) is 0 Å². The van der Waals surface area contributed by atoms with E-state index in [1.807, 2.05) is 36.4 Å². The smallest absolute Gasteiger partial charge is 0.0987 e. The minimum atomic E-state index is -0.649. The molecule has 0 fully saturated rings. The molecule has 7 heteroatoms. The van der Waals surface area contributed by atoms with Crippen LogP contribution in [0.25, 0.3) is 38.8 Å². The van der Waals surface area contributed by atoms with Gasteiger partial charge in [0.05, 0.1) is 22.5 Å². The molecule has 177 valence electrons. The van der Waals surface area contributed by atoms with Crippen LogP contribution in [0, 0.1) is 23.8 Å². The van der Waals surface area contributed by atoms with Crippen LogP contribution in [0.2, 0.25) is 0 Å². The van der Waals surface area contributed by atoms with E-state index in [0.717, 1.165) is 45.5 Å². The molecule has 0 bridgehead atoms. The summed E-state index contributed by atoms with van der Waals surface area (Å²) in [5.41, 5.74) is 4.65. The summed E-state index contributed by atoms with van der Waals surface area (Å²) in [5.74, 6) is 0.0893. The van der Waals surface area contributed by atoms with Crippen LogP contribution in [0.4, 0.5) is 8.78 Å². The molecule has 3 aromatic heterocycles. The van der Waals surface area contributed by atoms with E-state index in [-0.39, 0.29) is 25.7 Å². The van der Waals surface area contributed by atoms with Gasteiger partial charge in [0.2, 0.25) is 0 Å². The minimum absolute atomic E-state index is 0. The molecule has 0 aliphatic rings. The van der Waals surface area contributed by atoms with Crippen molar-refractivity contribution in [2.45, 2.75) is 19.8 Å². The molecule has 0 saturated carbocycles. The molecule has 0 N–H and O–H groups in total. The van der Waals surface area contributed by atoms with Gasteiger partial charge in [-0.3, -0.25) is 18.7 Å². The third-order valence-corrected chi connectivity index (χ3v) is 5.38. The maximum atomic E-state index is 13.2. The average Bonchev–Trinajstić information content (AvgIpc) is 3.24. The number of hydrogen-bond donors (Lipinski definition) is 0. The average molecular weight is 643 g/mol. The van der Waals surface area contributed by atoms with Crippen molar-refractivity contribution < 1.29 is 28.9 Å². The van der Waals surface area contributed by atoms with Crippen LogP contribution in [-0.4, -0.2) is 19.4 Å². The first kappa shape index (κ1) is 24.6. The Hall–Kier alpha value is -3.54. The summed E-state index contributed by atoms with van der Waals surface area (Å²) in [5, 5.41) is 0.980.